The van der Waals surface area contributed by atoms with Crippen molar-refractivity contribution in [2.24, 2.45) is 11.8 Å². The van der Waals surface area contributed by atoms with Crippen molar-refractivity contribution in [2.75, 3.05) is 13.1 Å². The van der Waals surface area contributed by atoms with Gasteiger partial charge in [0.15, 0.2) is 0 Å². The van der Waals surface area contributed by atoms with E-state index in [4.69, 9.17) is 0 Å². The van der Waals surface area contributed by atoms with Crippen LogP contribution in [0.1, 0.15) is 36.4 Å². The lowest BCUT2D eigenvalue weighted by atomic mass is 9.94. The van der Waals surface area contributed by atoms with Gasteiger partial charge in [0.1, 0.15) is 5.52 Å². The zero-order chi connectivity index (χ0) is 21.1. The summed E-state index contributed by atoms with van der Waals surface area (Å²) in [5.74, 6) is 0.340. The Morgan fingerprint density at radius 3 is 2.63 bits per heavy atom. The molecule has 0 bridgehead atoms. The number of piperidine rings is 1. The second-order valence-electron chi connectivity index (χ2n) is 8.16. The number of fused-ring (bicyclic) bond motifs is 1. The summed E-state index contributed by atoms with van der Waals surface area (Å²) >= 11 is 1.46. The van der Waals surface area contributed by atoms with Crippen molar-refractivity contribution < 1.29 is 9.59 Å². The zero-order valence-electron chi connectivity index (χ0n) is 17.3. The number of nitrogens with zero attached hydrogens (tertiary/aromatic N) is 4. The highest BCUT2D eigenvalue weighted by molar-refractivity contribution is 7.12. The Hall–Kier alpha value is -2.74. The van der Waals surface area contributed by atoms with Gasteiger partial charge in [-0.05, 0) is 42.3 Å². The fourth-order valence-electron chi connectivity index (χ4n) is 3.86. The molecular weight excluding hydrogens is 398 g/mol. The van der Waals surface area contributed by atoms with Gasteiger partial charge in [0.2, 0.25) is 5.91 Å². The Balaban J connectivity index is 1.35. The number of likely N-dealkylation sites (tertiary alicyclic amines) is 1. The molecule has 0 unspecified atom stereocenters. The third kappa shape index (κ3) is 4.38. The van der Waals surface area contributed by atoms with E-state index in [9.17, 15) is 9.59 Å². The van der Waals surface area contributed by atoms with Crippen molar-refractivity contribution in [1.29, 1.82) is 0 Å². The minimum atomic E-state index is -0.0638. The van der Waals surface area contributed by atoms with Gasteiger partial charge in [-0.25, -0.2) is 4.68 Å². The van der Waals surface area contributed by atoms with E-state index in [1.54, 1.807) is 0 Å². The Bertz CT molecular complexity index is 1010. The highest BCUT2D eigenvalue weighted by Gasteiger charge is 2.30. The first kappa shape index (κ1) is 20.5. The quantitative estimate of drug-likeness (QED) is 0.658. The predicted octanol–water partition coefficient (Wildman–Crippen LogP) is 3.19. The Labute approximate surface area is 180 Å². The van der Waals surface area contributed by atoms with Gasteiger partial charge < -0.3 is 10.2 Å². The van der Waals surface area contributed by atoms with Crippen LogP contribution >= 0.6 is 11.3 Å². The number of thiophene rings is 1. The van der Waals surface area contributed by atoms with Crippen LogP contribution in [0.25, 0.3) is 11.0 Å². The molecule has 7 nitrogen and oxygen atoms in total. The van der Waals surface area contributed by atoms with Crippen LogP contribution in [-0.2, 0) is 11.3 Å². The van der Waals surface area contributed by atoms with E-state index in [2.05, 4.69) is 29.5 Å². The largest absolute Gasteiger partial charge is 0.351 e. The molecule has 1 atom stereocenters. The van der Waals surface area contributed by atoms with Gasteiger partial charge in [-0.3, -0.25) is 9.59 Å². The first-order chi connectivity index (χ1) is 14.5. The van der Waals surface area contributed by atoms with Crippen molar-refractivity contribution in [3.05, 3.63) is 46.7 Å². The first-order valence-corrected chi connectivity index (χ1v) is 11.3. The van der Waals surface area contributed by atoms with Gasteiger partial charge in [-0.1, -0.05) is 37.3 Å². The summed E-state index contributed by atoms with van der Waals surface area (Å²) in [5, 5.41) is 13.6. The van der Waals surface area contributed by atoms with Gasteiger partial charge in [0, 0.05) is 19.0 Å². The number of amides is 2. The SMILES string of the molecule is CC(C)[C@H](Cn1nnc2ccccc21)NC(=O)C1CCN(C(=O)c2cccs2)CC1. The fraction of sp³-hybridized carbons (Fsp3) is 0.455. The van der Waals surface area contributed by atoms with Crippen LogP contribution in [0.2, 0.25) is 0 Å². The molecule has 2 aromatic heterocycles. The number of nitrogens with one attached hydrogen (secondary N) is 1. The molecule has 0 radical (unpaired) electrons. The molecule has 4 rings (SSSR count). The molecule has 1 aliphatic rings. The number of hydrogen-bond acceptors (Lipinski definition) is 5. The average Bonchev–Trinajstić information content (AvgIpc) is 3.43. The topological polar surface area (TPSA) is 80.1 Å². The zero-order valence-corrected chi connectivity index (χ0v) is 18.1. The summed E-state index contributed by atoms with van der Waals surface area (Å²) in [6, 6.07) is 11.6. The molecular formula is C22H27N5O2S. The third-order valence-corrected chi connectivity index (χ3v) is 6.67. The summed E-state index contributed by atoms with van der Waals surface area (Å²) in [7, 11) is 0. The number of carbonyl (C=O) groups is 2. The van der Waals surface area contributed by atoms with Gasteiger partial charge in [0.25, 0.3) is 5.91 Å². The van der Waals surface area contributed by atoms with Gasteiger partial charge >= 0.3 is 0 Å². The highest BCUT2D eigenvalue weighted by atomic mass is 32.1. The molecule has 1 aromatic carbocycles. The summed E-state index contributed by atoms with van der Waals surface area (Å²) in [6.45, 7) is 6.03. The Morgan fingerprint density at radius 1 is 1.17 bits per heavy atom. The number of para-hydroxylation sites is 1. The molecule has 158 valence electrons. The van der Waals surface area contributed by atoms with Crippen LogP contribution in [0, 0.1) is 11.8 Å². The lowest BCUT2D eigenvalue weighted by Crippen LogP contribution is -2.47. The van der Waals surface area contributed by atoms with E-state index in [1.807, 2.05) is 51.4 Å². The van der Waals surface area contributed by atoms with Crippen molar-refractivity contribution >= 4 is 34.2 Å². The molecule has 1 N–H and O–H groups in total. The van der Waals surface area contributed by atoms with E-state index >= 15 is 0 Å². The van der Waals surface area contributed by atoms with Gasteiger partial charge in [-0.15, -0.1) is 16.4 Å². The standard InChI is InChI=1S/C22H27N5O2S/c1-15(2)18(14-27-19-7-4-3-6-17(19)24-25-27)23-21(28)16-9-11-26(12-10-16)22(29)20-8-5-13-30-20/h3-8,13,15-16,18H,9-12,14H2,1-2H3,(H,23,28)/t18-/m0/s1. The van der Waals surface area contributed by atoms with Gasteiger partial charge in [-0.2, -0.15) is 0 Å². The summed E-state index contributed by atoms with van der Waals surface area (Å²) in [4.78, 5) is 28.1. The minimum absolute atomic E-state index is 0.0339. The average molecular weight is 426 g/mol. The normalized spacial score (nSPS) is 16.2. The second kappa shape index (κ2) is 8.95. The third-order valence-electron chi connectivity index (χ3n) is 5.81. The smallest absolute Gasteiger partial charge is 0.263 e. The van der Waals surface area contributed by atoms with E-state index in [-0.39, 0.29) is 29.7 Å². The molecule has 3 heterocycles. The molecule has 30 heavy (non-hydrogen) atoms. The van der Waals surface area contributed by atoms with E-state index in [0.717, 1.165) is 15.9 Å². The van der Waals surface area contributed by atoms with Crippen molar-refractivity contribution in [1.82, 2.24) is 25.2 Å². The van der Waals surface area contributed by atoms with E-state index in [0.29, 0.717) is 32.5 Å². The molecule has 8 heteroatoms. The van der Waals surface area contributed by atoms with Crippen LogP contribution in [0.5, 0.6) is 0 Å². The summed E-state index contributed by atoms with van der Waals surface area (Å²) < 4.78 is 1.86. The molecule has 3 aromatic rings. The number of benzene rings is 1. The van der Waals surface area contributed by atoms with Crippen molar-refractivity contribution in [3.8, 4) is 0 Å². The van der Waals surface area contributed by atoms with E-state index < -0.39 is 0 Å². The van der Waals surface area contributed by atoms with E-state index in [1.165, 1.54) is 11.3 Å². The minimum Gasteiger partial charge on any atom is -0.351 e. The van der Waals surface area contributed by atoms with Gasteiger partial charge in [0.05, 0.1) is 23.0 Å². The number of aromatic nitrogens is 3. The first-order valence-electron chi connectivity index (χ1n) is 10.4. The van der Waals surface area contributed by atoms with Crippen LogP contribution in [0.3, 0.4) is 0 Å². The highest BCUT2D eigenvalue weighted by Crippen LogP contribution is 2.22. The second-order valence-corrected chi connectivity index (χ2v) is 9.11. The monoisotopic (exact) mass is 425 g/mol. The molecule has 2 amide bonds. The van der Waals surface area contributed by atoms with Crippen LogP contribution in [0.4, 0.5) is 0 Å². The fourth-order valence-corrected chi connectivity index (χ4v) is 4.55. The molecule has 1 fully saturated rings. The van der Waals surface area contributed by atoms with Crippen molar-refractivity contribution in [2.45, 2.75) is 39.3 Å². The lowest BCUT2D eigenvalue weighted by Gasteiger charge is -2.32. The maximum atomic E-state index is 13.0. The summed E-state index contributed by atoms with van der Waals surface area (Å²) in [6.07, 6.45) is 1.39. The maximum absolute atomic E-state index is 13.0. The molecule has 0 spiro atoms. The maximum Gasteiger partial charge on any atom is 0.263 e. The van der Waals surface area contributed by atoms with Crippen LogP contribution in [0.15, 0.2) is 41.8 Å². The molecule has 0 aliphatic carbocycles. The Kier molecular flexibility index (Phi) is 6.13. The molecule has 1 aliphatic heterocycles. The van der Waals surface area contributed by atoms with Crippen LogP contribution < -0.4 is 5.32 Å². The lowest BCUT2D eigenvalue weighted by molar-refractivity contribution is -0.127. The predicted molar refractivity (Wildman–Crippen MR) is 117 cm³/mol. The Morgan fingerprint density at radius 2 is 1.93 bits per heavy atom. The molecule has 1 saturated heterocycles. The molecule has 0 saturated carbocycles. The van der Waals surface area contributed by atoms with Crippen molar-refractivity contribution in [3.63, 3.8) is 0 Å². The number of carbonyl (C=O) groups excluding carboxylic acids is 2. The summed E-state index contributed by atoms with van der Waals surface area (Å²) in [5.41, 5.74) is 1.83. The van der Waals surface area contributed by atoms with Crippen LogP contribution in [-0.4, -0.2) is 50.8 Å². The number of hydrogen-bond donors (Lipinski definition) is 1. The number of rotatable bonds is 6.